The van der Waals surface area contributed by atoms with Crippen LogP contribution >= 0.6 is 0 Å². The van der Waals surface area contributed by atoms with Crippen molar-refractivity contribution in [3.63, 3.8) is 0 Å². The smallest absolute Gasteiger partial charge is 0.246 e. The Morgan fingerprint density at radius 3 is 2.44 bits per heavy atom. The number of carbonyl (C=O) groups is 1. The lowest BCUT2D eigenvalue weighted by molar-refractivity contribution is -0.122. The summed E-state index contributed by atoms with van der Waals surface area (Å²) in [5.74, 6) is 0.502. The van der Waals surface area contributed by atoms with Crippen molar-refractivity contribution in [1.82, 2.24) is 20.1 Å². The van der Waals surface area contributed by atoms with E-state index in [1.165, 1.54) is 20.8 Å². The lowest BCUT2D eigenvalue weighted by Crippen LogP contribution is -2.48. The molecule has 1 unspecified atom stereocenters. The van der Waals surface area contributed by atoms with Gasteiger partial charge in [0, 0.05) is 19.6 Å². The van der Waals surface area contributed by atoms with Gasteiger partial charge < -0.3 is 19.3 Å². The molecule has 0 radical (unpaired) electrons. The molecule has 2 heterocycles. The Labute approximate surface area is 188 Å². The van der Waals surface area contributed by atoms with Gasteiger partial charge in [-0.25, -0.2) is 8.42 Å². The Morgan fingerprint density at radius 2 is 1.88 bits per heavy atom. The highest BCUT2D eigenvalue weighted by Gasteiger charge is 2.29. The summed E-state index contributed by atoms with van der Waals surface area (Å²) in [6, 6.07) is 6.63. The third kappa shape index (κ3) is 5.66. The van der Waals surface area contributed by atoms with Crippen molar-refractivity contribution < 1.29 is 27.2 Å². The van der Waals surface area contributed by atoms with E-state index in [0.717, 1.165) is 24.4 Å². The minimum Gasteiger partial charge on any atom is -0.497 e. The molecule has 1 aromatic carbocycles. The zero-order valence-electron chi connectivity index (χ0n) is 18.8. The van der Waals surface area contributed by atoms with Crippen LogP contribution in [0.25, 0.3) is 0 Å². The number of nitrogens with one attached hydrogen (secondary N) is 2. The van der Waals surface area contributed by atoms with Crippen molar-refractivity contribution in [3.05, 3.63) is 41.3 Å². The molecule has 1 amide bonds. The number of benzene rings is 1. The number of aromatic nitrogens is 1. The summed E-state index contributed by atoms with van der Waals surface area (Å²) < 4.78 is 43.4. The number of rotatable bonds is 9. The van der Waals surface area contributed by atoms with Gasteiger partial charge in [0.1, 0.15) is 16.3 Å². The van der Waals surface area contributed by atoms with Crippen molar-refractivity contribution >= 4 is 15.9 Å². The van der Waals surface area contributed by atoms with Crippen molar-refractivity contribution in [1.29, 1.82) is 0 Å². The van der Waals surface area contributed by atoms with Crippen LogP contribution in [0.4, 0.5) is 0 Å². The second kappa shape index (κ2) is 10.4. The molecule has 0 bridgehead atoms. The van der Waals surface area contributed by atoms with E-state index in [2.05, 4.69) is 20.1 Å². The molecule has 11 heteroatoms. The largest absolute Gasteiger partial charge is 0.497 e. The van der Waals surface area contributed by atoms with Crippen molar-refractivity contribution in [2.24, 2.45) is 0 Å². The minimum absolute atomic E-state index is 0.0402. The van der Waals surface area contributed by atoms with Gasteiger partial charge >= 0.3 is 0 Å². The number of nitrogens with zero attached hydrogens (tertiary/aromatic N) is 2. The molecule has 1 fully saturated rings. The molecule has 2 aromatic rings. The Morgan fingerprint density at radius 1 is 1.22 bits per heavy atom. The van der Waals surface area contributed by atoms with E-state index in [1.807, 2.05) is 24.3 Å². The minimum atomic E-state index is -3.95. The molecule has 10 nitrogen and oxygen atoms in total. The number of morpholine rings is 1. The number of methoxy groups -OCH3 is 1. The quantitative estimate of drug-likeness (QED) is 0.564. The fraction of sp³-hybridized carbons (Fsp3) is 0.524. The molecule has 1 aliphatic rings. The maximum Gasteiger partial charge on any atom is 0.246 e. The van der Waals surface area contributed by atoms with E-state index in [9.17, 15) is 13.2 Å². The molecule has 0 saturated carbocycles. The molecular formula is C21H30N4O6S. The molecule has 176 valence electrons. The summed E-state index contributed by atoms with van der Waals surface area (Å²) in [5, 5.41) is 6.56. The summed E-state index contributed by atoms with van der Waals surface area (Å²) in [6.45, 7) is 7.59. The van der Waals surface area contributed by atoms with E-state index in [1.54, 1.807) is 7.11 Å². The first-order chi connectivity index (χ1) is 15.2. The standard InChI is InChI=1S/C21H30N4O6S/c1-14-20(16(3)31-23-14)32(27,28)24-15(2)21(26)22-13-19(25-9-11-30-12-10-25)17-5-7-18(29-4)8-6-17/h5-8,15,19,24H,9-13H2,1-4H3,(H,22,26)/t15-,19?/m0/s1. The number of hydrogen-bond acceptors (Lipinski definition) is 8. The summed E-state index contributed by atoms with van der Waals surface area (Å²) in [6.07, 6.45) is 0. The van der Waals surface area contributed by atoms with E-state index < -0.39 is 22.0 Å². The molecule has 0 aliphatic carbocycles. The van der Waals surface area contributed by atoms with Crippen molar-refractivity contribution in [2.45, 2.75) is 37.8 Å². The van der Waals surface area contributed by atoms with Crippen molar-refractivity contribution in [2.75, 3.05) is 40.0 Å². The van der Waals surface area contributed by atoms with Gasteiger partial charge in [-0.05, 0) is 38.5 Å². The van der Waals surface area contributed by atoms with Crippen LogP contribution in [-0.4, -0.2) is 70.4 Å². The summed E-state index contributed by atoms with van der Waals surface area (Å²) in [4.78, 5) is 14.9. The molecule has 3 rings (SSSR count). The van der Waals surface area contributed by atoms with Gasteiger partial charge in [-0.3, -0.25) is 9.69 Å². The van der Waals surface area contributed by atoms with Gasteiger partial charge in [-0.2, -0.15) is 4.72 Å². The van der Waals surface area contributed by atoms with Crippen LogP contribution in [0.2, 0.25) is 0 Å². The maximum absolute atomic E-state index is 12.7. The third-order valence-electron chi connectivity index (χ3n) is 5.42. The molecule has 2 N–H and O–H groups in total. The average molecular weight is 467 g/mol. The second-order valence-electron chi connectivity index (χ2n) is 7.68. The zero-order chi connectivity index (χ0) is 23.3. The first kappa shape index (κ1) is 24.2. The van der Waals surface area contributed by atoms with Crippen LogP contribution in [0.15, 0.2) is 33.7 Å². The number of aryl methyl sites for hydroxylation is 2. The van der Waals surface area contributed by atoms with Gasteiger partial charge in [-0.1, -0.05) is 17.3 Å². The van der Waals surface area contributed by atoms with Crippen LogP contribution in [0.3, 0.4) is 0 Å². The van der Waals surface area contributed by atoms with Gasteiger partial charge in [0.05, 0.1) is 32.4 Å². The molecule has 1 saturated heterocycles. The maximum atomic E-state index is 12.7. The van der Waals surface area contributed by atoms with Crippen LogP contribution in [-0.2, 0) is 19.6 Å². The molecule has 0 spiro atoms. The Hall–Kier alpha value is -2.47. The third-order valence-corrected chi connectivity index (χ3v) is 7.20. The SMILES string of the molecule is COc1ccc(C(CNC(=O)[C@H](C)NS(=O)(=O)c2c(C)noc2C)N2CCOCC2)cc1. The normalized spacial score (nSPS) is 17.0. The lowest BCUT2D eigenvalue weighted by Gasteiger charge is -2.35. The van der Waals surface area contributed by atoms with Gasteiger partial charge in [-0.15, -0.1) is 0 Å². The fourth-order valence-corrected chi connectivity index (χ4v) is 5.26. The highest BCUT2D eigenvalue weighted by Crippen LogP contribution is 2.24. The molecule has 1 aromatic heterocycles. The summed E-state index contributed by atoms with van der Waals surface area (Å²) in [7, 11) is -2.34. The van der Waals surface area contributed by atoms with Gasteiger partial charge in [0.2, 0.25) is 15.9 Å². The van der Waals surface area contributed by atoms with Gasteiger partial charge in [0.25, 0.3) is 0 Å². The van der Waals surface area contributed by atoms with Crippen LogP contribution in [0.5, 0.6) is 5.75 Å². The number of carbonyl (C=O) groups excluding carboxylic acids is 1. The molecule has 2 atom stereocenters. The number of ether oxygens (including phenoxy) is 2. The predicted molar refractivity (Wildman–Crippen MR) is 117 cm³/mol. The summed E-state index contributed by atoms with van der Waals surface area (Å²) in [5.41, 5.74) is 1.27. The number of hydrogen-bond donors (Lipinski definition) is 2. The Bertz CT molecular complexity index is 996. The van der Waals surface area contributed by atoms with Gasteiger partial charge in [0.15, 0.2) is 5.76 Å². The van der Waals surface area contributed by atoms with Crippen molar-refractivity contribution in [3.8, 4) is 5.75 Å². The van der Waals surface area contributed by atoms with Crippen LogP contribution < -0.4 is 14.8 Å². The number of amides is 1. The van der Waals surface area contributed by atoms with E-state index >= 15 is 0 Å². The Balaban J connectivity index is 1.68. The predicted octanol–water partition coefficient (Wildman–Crippen LogP) is 1.16. The Kier molecular flexibility index (Phi) is 7.88. The second-order valence-corrected chi connectivity index (χ2v) is 9.33. The van der Waals surface area contributed by atoms with E-state index in [-0.39, 0.29) is 22.4 Å². The highest BCUT2D eigenvalue weighted by atomic mass is 32.2. The average Bonchev–Trinajstić information content (AvgIpc) is 3.13. The van der Waals surface area contributed by atoms with Crippen LogP contribution in [0.1, 0.15) is 30.0 Å². The lowest BCUT2D eigenvalue weighted by atomic mass is 10.0. The number of sulfonamides is 1. The fourth-order valence-electron chi connectivity index (χ4n) is 3.73. The zero-order valence-corrected chi connectivity index (χ0v) is 19.6. The molecular weight excluding hydrogens is 436 g/mol. The monoisotopic (exact) mass is 466 g/mol. The first-order valence-corrected chi connectivity index (χ1v) is 11.9. The molecule has 1 aliphatic heterocycles. The summed E-state index contributed by atoms with van der Waals surface area (Å²) >= 11 is 0. The highest BCUT2D eigenvalue weighted by molar-refractivity contribution is 7.89. The first-order valence-electron chi connectivity index (χ1n) is 10.4. The van der Waals surface area contributed by atoms with E-state index in [0.29, 0.717) is 19.8 Å². The van der Waals surface area contributed by atoms with Crippen LogP contribution in [0, 0.1) is 13.8 Å². The topological polar surface area (TPSA) is 123 Å². The molecule has 32 heavy (non-hydrogen) atoms. The van der Waals surface area contributed by atoms with E-state index in [4.69, 9.17) is 14.0 Å².